The normalized spacial score (nSPS) is 11.0. The van der Waals surface area contributed by atoms with E-state index in [0.29, 0.717) is 23.5 Å². The zero-order valence-corrected chi connectivity index (χ0v) is 21.1. The van der Waals surface area contributed by atoms with Gasteiger partial charge in [0.05, 0.1) is 29.6 Å². The van der Waals surface area contributed by atoms with Crippen LogP contribution >= 0.6 is 0 Å². The number of alkyl halides is 3. The minimum atomic E-state index is -4.58. The molecule has 10 heteroatoms. The SMILES string of the molecule is CC(C)Oc1ccc(-c2nc(-c3ccc(Cn4ccnc4)cc3)no2)cc1C(F)(F)F.N#Cc1ccccc1. The van der Waals surface area contributed by atoms with Crippen LogP contribution in [0.1, 0.15) is 30.5 Å². The van der Waals surface area contributed by atoms with E-state index in [9.17, 15) is 13.2 Å². The van der Waals surface area contributed by atoms with E-state index in [4.69, 9.17) is 14.5 Å². The molecule has 5 aromatic rings. The molecule has 39 heavy (non-hydrogen) atoms. The van der Waals surface area contributed by atoms with Crippen molar-refractivity contribution in [2.75, 3.05) is 0 Å². The van der Waals surface area contributed by atoms with Crippen molar-refractivity contribution >= 4 is 0 Å². The van der Waals surface area contributed by atoms with Gasteiger partial charge in [0.2, 0.25) is 5.82 Å². The Morgan fingerprint density at radius 3 is 2.31 bits per heavy atom. The molecule has 0 aliphatic rings. The molecule has 2 heterocycles. The number of nitrogens with zero attached hydrogens (tertiary/aromatic N) is 5. The van der Waals surface area contributed by atoms with Crippen LogP contribution in [0.2, 0.25) is 0 Å². The number of aromatic nitrogens is 4. The molecule has 0 spiro atoms. The lowest BCUT2D eigenvalue weighted by molar-refractivity contribution is -0.139. The van der Waals surface area contributed by atoms with E-state index in [1.807, 2.05) is 59.3 Å². The van der Waals surface area contributed by atoms with E-state index in [0.717, 1.165) is 11.6 Å². The van der Waals surface area contributed by atoms with Gasteiger partial charge in [-0.1, -0.05) is 47.6 Å². The maximum Gasteiger partial charge on any atom is 0.419 e. The Kier molecular flexibility index (Phi) is 8.41. The second-order valence-corrected chi connectivity index (χ2v) is 8.71. The molecule has 0 aliphatic heterocycles. The number of imidazole rings is 1. The van der Waals surface area contributed by atoms with E-state index in [1.165, 1.54) is 12.1 Å². The standard InChI is InChI=1S/C22H19F3N4O2.C7H5N/c1-14(2)30-19-8-7-17(11-18(19)22(23,24)25)21-27-20(28-31-21)16-5-3-15(4-6-16)12-29-10-9-26-13-29;8-6-7-4-2-1-3-5-7/h3-11,13-14H,12H2,1-2H3;1-5H. The minimum absolute atomic E-state index is 0.000844. The Labute approximate surface area is 223 Å². The summed E-state index contributed by atoms with van der Waals surface area (Å²) in [6.45, 7) is 4.00. The highest BCUT2D eigenvalue weighted by Gasteiger charge is 2.35. The Morgan fingerprint density at radius 1 is 1.00 bits per heavy atom. The van der Waals surface area contributed by atoms with Gasteiger partial charge < -0.3 is 13.8 Å². The van der Waals surface area contributed by atoms with Gasteiger partial charge in [-0.2, -0.15) is 23.4 Å². The molecule has 198 valence electrons. The third kappa shape index (κ3) is 7.32. The summed E-state index contributed by atoms with van der Waals surface area (Å²) in [4.78, 5) is 8.28. The first kappa shape index (κ1) is 27.1. The summed E-state index contributed by atoms with van der Waals surface area (Å²) in [7, 11) is 0. The molecule has 0 atom stereocenters. The second kappa shape index (κ2) is 12.1. The van der Waals surface area contributed by atoms with Crippen LogP contribution in [0.15, 0.2) is 96.0 Å². The van der Waals surface area contributed by atoms with Crippen molar-refractivity contribution in [3.63, 3.8) is 0 Å². The molecule has 2 aromatic heterocycles. The summed E-state index contributed by atoms with van der Waals surface area (Å²) >= 11 is 0. The van der Waals surface area contributed by atoms with Gasteiger partial charge in [0, 0.05) is 30.1 Å². The van der Waals surface area contributed by atoms with E-state index >= 15 is 0 Å². The summed E-state index contributed by atoms with van der Waals surface area (Å²) in [6, 6.07) is 22.4. The summed E-state index contributed by atoms with van der Waals surface area (Å²) in [5.74, 6) is 0.0544. The number of hydrogen-bond donors (Lipinski definition) is 0. The first-order chi connectivity index (χ1) is 18.7. The molecule has 0 fully saturated rings. The predicted octanol–water partition coefficient (Wildman–Crippen LogP) is 7.01. The van der Waals surface area contributed by atoms with E-state index in [2.05, 4.69) is 15.1 Å². The van der Waals surface area contributed by atoms with Crippen LogP contribution in [0.4, 0.5) is 13.2 Å². The van der Waals surface area contributed by atoms with Crippen molar-refractivity contribution in [1.29, 1.82) is 5.26 Å². The first-order valence-corrected chi connectivity index (χ1v) is 11.9. The third-order valence-corrected chi connectivity index (χ3v) is 5.36. The molecule has 0 saturated heterocycles. The lowest BCUT2D eigenvalue weighted by atomic mass is 10.1. The number of nitriles is 1. The van der Waals surface area contributed by atoms with Gasteiger partial charge >= 0.3 is 6.18 Å². The molecule has 0 radical (unpaired) electrons. The predicted molar refractivity (Wildman–Crippen MR) is 138 cm³/mol. The largest absolute Gasteiger partial charge is 0.490 e. The van der Waals surface area contributed by atoms with Crippen LogP contribution in [-0.4, -0.2) is 25.8 Å². The lowest BCUT2D eigenvalue weighted by Crippen LogP contribution is -2.13. The van der Waals surface area contributed by atoms with Gasteiger partial charge in [-0.25, -0.2) is 4.98 Å². The van der Waals surface area contributed by atoms with E-state index in [1.54, 1.807) is 38.5 Å². The van der Waals surface area contributed by atoms with Gasteiger partial charge in [-0.3, -0.25) is 0 Å². The maximum absolute atomic E-state index is 13.5. The number of hydrogen-bond acceptors (Lipinski definition) is 6. The van der Waals surface area contributed by atoms with Crippen LogP contribution in [0.25, 0.3) is 22.8 Å². The summed E-state index contributed by atoms with van der Waals surface area (Å²) in [5, 5.41) is 12.2. The minimum Gasteiger partial charge on any atom is -0.490 e. The van der Waals surface area contributed by atoms with Crippen molar-refractivity contribution in [3.05, 3.63) is 108 Å². The van der Waals surface area contributed by atoms with Gasteiger partial charge in [0.1, 0.15) is 5.75 Å². The average molecular weight is 532 g/mol. The maximum atomic E-state index is 13.5. The number of ether oxygens (including phenoxy) is 1. The van der Waals surface area contributed by atoms with Crippen molar-refractivity contribution in [2.24, 2.45) is 0 Å². The molecule has 3 aromatic carbocycles. The van der Waals surface area contributed by atoms with Crippen molar-refractivity contribution in [2.45, 2.75) is 32.7 Å². The van der Waals surface area contributed by atoms with Gasteiger partial charge in [0.25, 0.3) is 5.89 Å². The molecular formula is C29H24F3N5O2. The molecule has 7 nitrogen and oxygen atoms in total. The molecule has 0 amide bonds. The second-order valence-electron chi connectivity index (χ2n) is 8.71. The average Bonchev–Trinajstić information content (AvgIpc) is 3.62. The van der Waals surface area contributed by atoms with Gasteiger partial charge in [-0.05, 0) is 49.7 Å². The fourth-order valence-corrected chi connectivity index (χ4v) is 3.56. The first-order valence-electron chi connectivity index (χ1n) is 11.9. The van der Waals surface area contributed by atoms with E-state index < -0.39 is 17.8 Å². The molecular weight excluding hydrogens is 507 g/mol. The zero-order valence-electron chi connectivity index (χ0n) is 21.1. The highest BCUT2D eigenvalue weighted by molar-refractivity contribution is 5.62. The number of halogens is 3. The molecule has 0 N–H and O–H groups in total. The smallest absolute Gasteiger partial charge is 0.419 e. The summed E-state index contributed by atoms with van der Waals surface area (Å²) < 4.78 is 52.9. The molecule has 0 saturated carbocycles. The van der Waals surface area contributed by atoms with Crippen molar-refractivity contribution in [3.8, 4) is 34.7 Å². The molecule has 5 rings (SSSR count). The van der Waals surface area contributed by atoms with Crippen LogP contribution in [0.5, 0.6) is 5.75 Å². The van der Waals surface area contributed by atoms with Gasteiger partial charge in [-0.15, -0.1) is 0 Å². The Balaban J connectivity index is 0.000000379. The lowest BCUT2D eigenvalue weighted by Gasteiger charge is -2.16. The fraction of sp³-hybridized carbons (Fsp3) is 0.172. The van der Waals surface area contributed by atoms with E-state index in [-0.39, 0.29) is 17.2 Å². The fourth-order valence-electron chi connectivity index (χ4n) is 3.56. The third-order valence-electron chi connectivity index (χ3n) is 5.36. The van der Waals surface area contributed by atoms with Crippen molar-refractivity contribution < 1.29 is 22.4 Å². The molecule has 0 unspecified atom stereocenters. The van der Waals surface area contributed by atoms with Crippen LogP contribution in [-0.2, 0) is 12.7 Å². The van der Waals surface area contributed by atoms with Crippen LogP contribution in [0.3, 0.4) is 0 Å². The summed E-state index contributed by atoms with van der Waals surface area (Å²) in [6.07, 6.45) is 0.339. The zero-order chi connectivity index (χ0) is 27.8. The highest BCUT2D eigenvalue weighted by atomic mass is 19.4. The molecule has 0 aliphatic carbocycles. The number of benzene rings is 3. The van der Waals surface area contributed by atoms with Crippen LogP contribution < -0.4 is 4.74 Å². The molecule has 0 bridgehead atoms. The monoisotopic (exact) mass is 531 g/mol. The van der Waals surface area contributed by atoms with Crippen molar-refractivity contribution in [1.82, 2.24) is 19.7 Å². The quantitative estimate of drug-likeness (QED) is 0.234. The summed E-state index contributed by atoms with van der Waals surface area (Å²) in [5.41, 5.74) is 1.75. The Hall–Kier alpha value is -4.91. The Bertz CT molecular complexity index is 1520. The van der Waals surface area contributed by atoms with Crippen LogP contribution in [0, 0.1) is 11.3 Å². The topological polar surface area (TPSA) is 89.8 Å². The highest BCUT2D eigenvalue weighted by Crippen LogP contribution is 2.39. The number of rotatable bonds is 6. The Morgan fingerprint density at radius 2 is 1.72 bits per heavy atom. The van der Waals surface area contributed by atoms with Gasteiger partial charge in [0.15, 0.2) is 0 Å².